The zero-order valence-corrected chi connectivity index (χ0v) is 14.6. The molecule has 138 valence electrons. The van der Waals surface area contributed by atoms with Gasteiger partial charge in [0.25, 0.3) is 5.91 Å². The van der Waals surface area contributed by atoms with Gasteiger partial charge in [-0.05, 0) is 55.3 Å². The maximum absolute atomic E-state index is 12.5. The number of amides is 1. The minimum atomic E-state index is -4.38. The lowest BCUT2D eigenvalue weighted by Gasteiger charge is -2.10. The molecule has 2 aromatic carbocycles. The summed E-state index contributed by atoms with van der Waals surface area (Å²) in [5.41, 5.74) is 2.79. The number of halogens is 3. The number of aryl methyl sites for hydroxylation is 1. The zero-order valence-electron chi connectivity index (χ0n) is 14.6. The summed E-state index contributed by atoms with van der Waals surface area (Å²) in [6.07, 6.45) is -4.14. The Morgan fingerprint density at radius 1 is 1.04 bits per heavy atom. The molecule has 0 saturated heterocycles. The van der Waals surface area contributed by atoms with E-state index in [-0.39, 0.29) is 17.6 Å². The van der Waals surface area contributed by atoms with Gasteiger partial charge in [0.1, 0.15) is 0 Å². The van der Waals surface area contributed by atoms with Crippen molar-refractivity contribution in [3.8, 4) is 0 Å². The number of hydrogen-bond donors (Lipinski definition) is 1. The summed E-state index contributed by atoms with van der Waals surface area (Å²) in [5, 5.41) is 11.6. The molecule has 7 heteroatoms. The molecule has 0 fully saturated rings. The highest BCUT2D eigenvalue weighted by Crippen LogP contribution is 2.25. The van der Waals surface area contributed by atoms with Crippen molar-refractivity contribution in [3.63, 3.8) is 0 Å². The number of hydrogen-bond acceptors (Lipinski definition) is 3. The van der Waals surface area contributed by atoms with Gasteiger partial charge in [-0.2, -0.15) is 23.4 Å². The first-order chi connectivity index (χ1) is 12.7. The van der Waals surface area contributed by atoms with Gasteiger partial charge in [-0.3, -0.25) is 4.79 Å². The first kappa shape index (κ1) is 18.6. The van der Waals surface area contributed by atoms with Crippen molar-refractivity contribution >= 4 is 28.1 Å². The number of rotatable bonds is 3. The van der Waals surface area contributed by atoms with Crippen molar-refractivity contribution in [1.29, 1.82) is 0 Å². The number of carbonyl (C=O) groups is 1. The van der Waals surface area contributed by atoms with Crippen molar-refractivity contribution in [3.05, 3.63) is 71.4 Å². The van der Waals surface area contributed by atoms with Gasteiger partial charge in [0.15, 0.2) is 0 Å². The van der Waals surface area contributed by atoms with E-state index in [1.807, 2.05) is 6.07 Å². The fourth-order valence-corrected chi connectivity index (χ4v) is 2.68. The van der Waals surface area contributed by atoms with Crippen LogP contribution in [0, 0.1) is 6.92 Å². The van der Waals surface area contributed by atoms with Crippen LogP contribution in [0.1, 0.15) is 28.5 Å². The van der Waals surface area contributed by atoms with E-state index in [0.29, 0.717) is 22.3 Å². The molecule has 0 spiro atoms. The summed E-state index contributed by atoms with van der Waals surface area (Å²) in [4.78, 5) is 12.5. The molecule has 0 saturated carbocycles. The van der Waals surface area contributed by atoms with Gasteiger partial charge >= 0.3 is 6.18 Å². The van der Waals surface area contributed by atoms with E-state index < -0.39 is 6.18 Å². The van der Waals surface area contributed by atoms with Crippen LogP contribution in [-0.2, 0) is 0 Å². The van der Waals surface area contributed by atoms with Crippen LogP contribution in [0.15, 0.2) is 54.6 Å². The first-order valence-electron chi connectivity index (χ1n) is 8.14. The molecule has 0 bridgehead atoms. The van der Waals surface area contributed by atoms with Crippen molar-refractivity contribution < 1.29 is 18.0 Å². The maximum Gasteiger partial charge on any atom is 0.410 e. The molecule has 1 aromatic heterocycles. The highest BCUT2D eigenvalue weighted by Gasteiger charge is 2.23. The summed E-state index contributed by atoms with van der Waals surface area (Å²) in [7, 11) is 0. The molecule has 0 radical (unpaired) electrons. The molecule has 3 rings (SSSR count). The van der Waals surface area contributed by atoms with Crippen LogP contribution in [0.3, 0.4) is 0 Å². The van der Waals surface area contributed by atoms with E-state index in [4.69, 9.17) is 0 Å². The predicted octanol–water partition coefficient (Wildman–Crippen LogP) is 5.16. The Morgan fingerprint density at radius 3 is 2.37 bits per heavy atom. The zero-order chi connectivity index (χ0) is 19.6. The normalized spacial score (nSPS) is 12.3. The van der Waals surface area contributed by atoms with Gasteiger partial charge in [-0.1, -0.05) is 18.2 Å². The third-order valence-electron chi connectivity index (χ3n) is 3.98. The molecule has 0 atom stereocenters. The van der Waals surface area contributed by atoms with Crippen molar-refractivity contribution in [2.45, 2.75) is 20.0 Å². The number of alkyl halides is 3. The first-order valence-corrected chi connectivity index (χ1v) is 8.14. The molecule has 4 nitrogen and oxygen atoms in total. The fraction of sp³-hybridized carbons (Fsp3) is 0.150. The molecule has 0 aliphatic carbocycles. The molecule has 0 unspecified atom stereocenters. The minimum Gasteiger partial charge on any atom is -0.321 e. The standard InChI is InChI=1S/C20H16F3N3O/c1-12(11-20(21,22)23)14-6-8-15(9-7-14)19(27)24-17-4-3-5-18-16(17)10-13(2)25-26-18/h3-11H,1-2H3,(H,24,27)/b12-11+. The lowest BCUT2D eigenvalue weighted by molar-refractivity contribution is -0.0793. The van der Waals surface area contributed by atoms with E-state index in [0.717, 1.165) is 11.1 Å². The molecule has 3 aromatic rings. The number of anilines is 1. The van der Waals surface area contributed by atoms with Crippen LogP contribution in [0.4, 0.5) is 18.9 Å². The predicted molar refractivity (Wildman–Crippen MR) is 98.4 cm³/mol. The topological polar surface area (TPSA) is 54.9 Å². The van der Waals surface area contributed by atoms with Gasteiger partial charge in [0, 0.05) is 17.0 Å². The van der Waals surface area contributed by atoms with E-state index in [1.54, 1.807) is 25.1 Å². The van der Waals surface area contributed by atoms with E-state index in [1.165, 1.54) is 31.2 Å². The number of fused-ring (bicyclic) bond motifs is 1. The number of carbonyl (C=O) groups excluding carboxylic acids is 1. The quantitative estimate of drug-likeness (QED) is 0.692. The smallest absolute Gasteiger partial charge is 0.321 e. The molecule has 27 heavy (non-hydrogen) atoms. The Bertz CT molecular complexity index is 1020. The van der Waals surface area contributed by atoms with Crippen molar-refractivity contribution in [2.24, 2.45) is 0 Å². The minimum absolute atomic E-state index is 0.0811. The number of nitrogens with zero attached hydrogens (tertiary/aromatic N) is 2. The second-order valence-electron chi connectivity index (χ2n) is 6.12. The average Bonchev–Trinajstić information content (AvgIpc) is 2.61. The Labute approximate surface area is 153 Å². The number of nitrogens with one attached hydrogen (secondary N) is 1. The molecular formula is C20H16F3N3O. The summed E-state index contributed by atoms with van der Waals surface area (Å²) in [6.45, 7) is 3.18. The van der Waals surface area contributed by atoms with Crippen LogP contribution in [0.2, 0.25) is 0 Å². The lowest BCUT2D eigenvalue weighted by atomic mass is 10.0. The van der Waals surface area contributed by atoms with E-state index in [2.05, 4.69) is 15.5 Å². The van der Waals surface area contributed by atoms with Crippen molar-refractivity contribution in [2.75, 3.05) is 5.32 Å². The second-order valence-corrected chi connectivity index (χ2v) is 6.12. The Balaban J connectivity index is 1.83. The van der Waals surface area contributed by atoms with Crippen LogP contribution in [-0.4, -0.2) is 22.3 Å². The number of benzene rings is 2. The Hall–Kier alpha value is -3.22. The number of allylic oxidation sites excluding steroid dienone is 2. The molecule has 1 heterocycles. The van der Waals surface area contributed by atoms with Gasteiger partial charge in [0.2, 0.25) is 0 Å². The van der Waals surface area contributed by atoms with Gasteiger partial charge in [-0.15, -0.1) is 0 Å². The van der Waals surface area contributed by atoms with Crippen molar-refractivity contribution in [1.82, 2.24) is 10.2 Å². The molecule has 1 N–H and O–H groups in total. The molecule has 1 amide bonds. The summed E-state index contributed by atoms with van der Waals surface area (Å²) in [5.74, 6) is -0.360. The monoisotopic (exact) mass is 371 g/mol. The van der Waals surface area contributed by atoms with Crippen LogP contribution in [0.5, 0.6) is 0 Å². The van der Waals surface area contributed by atoms with Gasteiger partial charge in [-0.25, -0.2) is 0 Å². The van der Waals surface area contributed by atoms with Gasteiger partial charge in [0.05, 0.1) is 16.9 Å². The largest absolute Gasteiger partial charge is 0.410 e. The number of aromatic nitrogens is 2. The third-order valence-corrected chi connectivity index (χ3v) is 3.98. The van der Waals surface area contributed by atoms with Crippen LogP contribution in [0.25, 0.3) is 16.5 Å². The highest BCUT2D eigenvalue weighted by molar-refractivity contribution is 6.08. The Kier molecular flexibility index (Phi) is 4.94. The summed E-state index contributed by atoms with van der Waals surface area (Å²) in [6, 6.07) is 13.1. The third kappa shape index (κ3) is 4.49. The lowest BCUT2D eigenvalue weighted by Crippen LogP contribution is -2.12. The average molecular weight is 371 g/mol. The highest BCUT2D eigenvalue weighted by atomic mass is 19.4. The molecular weight excluding hydrogens is 355 g/mol. The molecule has 0 aliphatic heterocycles. The summed E-state index contributed by atoms with van der Waals surface area (Å²) >= 11 is 0. The van der Waals surface area contributed by atoms with E-state index in [9.17, 15) is 18.0 Å². The second kappa shape index (κ2) is 7.19. The van der Waals surface area contributed by atoms with Crippen LogP contribution >= 0.6 is 0 Å². The van der Waals surface area contributed by atoms with E-state index >= 15 is 0 Å². The SMILES string of the molecule is C/C(=C\C(F)(F)F)c1ccc(C(=O)Nc2cccc3nnc(C)cc23)cc1. The molecule has 0 aliphatic rings. The summed E-state index contributed by atoms with van der Waals surface area (Å²) < 4.78 is 37.3. The van der Waals surface area contributed by atoms with Crippen LogP contribution < -0.4 is 5.32 Å². The van der Waals surface area contributed by atoms with Gasteiger partial charge < -0.3 is 5.32 Å². The maximum atomic E-state index is 12.5. The fourth-order valence-electron chi connectivity index (χ4n) is 2.68. The Morgan fingerprint density at radius 2 is 1.70 bits per heavy atom.